The normalized spacial score (nSPS) is 12.0. The van der Waals surface area contributed by atoms with Crippen LogP contribution in [0.5, 0.6) is 0 Å². The van der Waals surface area contributed by atoms with Gasteiger partial charge in [-0.1, -0.05) is 97.1 Å². The maximum absolute atomic E-state index is 5.23. The van der Waals surface area contributed by atoms with Gasteiger partial charge in [0.15, 0.2) is 11.6 Å². The van der Waals surface area contributed by atoms with Crippen LogP contribution < -0.4 is 0 Å². The second-order valence-electron chi connectivity index (χ2n) is 11.4. The maximum atomic E-state index is 5.23. The summed E-state index contributed by atoms with van der Waals surface area (Å²) >= 11 is 0. The minimum absolute atomic E-state index is 0.553. The first-order valence-electron chi connectivity index (χ1n) is 15.1. The molecule has 0 aliphatic heterocycles. The van der Waals surface area contributed by atoms with Gasteiger partial charge in [-0.3, -0.25) is 4.57 Å². The number of hydrogen-bond donors (Lipinski definition) is 0. The number of para-hydroxylation sites is 6. The molecule has 0 radical (unpaired) electrons. The zero-order valence-corrected chi connectivity index (χ0v) is 24.0. The fourth-order valence-electron chi connectivity index (χ4n) is 7.02. The lowest BCUT2D eigenvalue weighted by Gasteiger charge is -2.11. The van der Waals surface area contributed by atoms with E-state index in [0.29, 0.717) is 11.6 Å². The van der Waals surface area contributed by atoms with Crippen molar-refractivity contribution in [3.8, 4) is 22.9 Å². The van der Waals surface area contributed by atoms with E-state index in [2.05, 4.69) is 143 Å². The summed E-state index contributed by atoms with van der Waals surface area (Å²) in [6.07, 6.45) is 0. The highest BCUT2D eigenvalue weighted by Crippen LogP contribution is 2.37. The molecule has 4 heterocycles. The molecule has 0 atom stereocenters. The summed E-state index contributed by atoms with van der Waals surface area (Å²) in [5.74, 6) is 2.02. The molecule has 0 spiro atoms. The van der Waals surface area contributed by atoms with Gasteiger partial charge in [-0.2, -0.15) is 14.5 Å². The monoisotopic (exact) mass is 576 g/mol. The molecule has 0 aliphatic carbocycles. The smallest absolute Gasteiger partial charge is 0.255 e. The summed E-state index contributed by atoms with van der Waals surface area (Å²) in [7, 11) is 0. The van der Waals surface area contributed by atoms with Gasteiger partial charge in [-0.05, 0) is 48.5 Å². The number of hydrogen-bond acceptors (Lipinski definition) is 3. The second-order valence-corrected chi connectivity index (χ2v) is 11.4. The molecule has 4 aromatic heterocycles. The fourth-order valence-corrected chi connectivity index (χ4v) is 7.02. The summed E-state index contributed by atoms with van der Waals surface area (Å²) < 4.78 is 6.46. The SMILES string of the molecule is c1ccc(-n2c3ccccc3c3ccccc32)c(-c2nc3nc(-n4c5ccccc5c5ccccc54)c4ccccc4n3n2)c1. The lowest BCUT2D eigenvalue weighted by molar-refractivity contribution is 0.970. The van der Waals surface area contributed by atoms with Gasteiger partial charge in [-0.25, -0.2) is 0 Å². The standard InChI is InChI=1S/C39H24N6/c1-7-19-31-25(13-1)26-14-2-8-20-32(26)43(31)35-23-11-5-17-29(35)37-40-39-41-38(30-18-6-12-24-36(30)45(39)42-37)44-33-21-9-3-15-27(33)28-16-4-10-22-34(28)44/h1-24H. The van der Waals surface area contributed by atoms with Crippen LogP contribution in [0.15, 0.2) is 146 Å². The highest BCUT2D eigenvalue weighted by Gasteiger charge is 2.21. The molecule has 45 heavy (non-hydrogen) atoms. The fraction of sp³-hybridized carbons (Fsp3) is 0. The Morgan fingerprint density at radius 3 is 1.40 bits per heavy atom. The van der Waals surface area contributed by atoms with E-state index in [1.54, 1.807) is 0 Å². The van der Waals surface area contributed by atoms with Gasteiger partial charge < -0.3 is 4.57 Å². The van der Waals surface area contributed by atoms with Crippen LogP contribution in [0.2, 0.25) is 0 Å². The second kappa shape index (κ2) is 9.11. The van der Waals surface area contributed by atoms with Gasteiger partial charge >= 0.3 is 0 Å². The molecular weight excluding hydrogens is 552 g/mol. The minimum atomic E-state index is 0.553. The zero-order chi connectivity index (χ0) is 29.5. The number of rotatable bonds is 3. The van der Waals surface area contributed by atoms with Crippen molar-refractivity contribution >= 4 is 60.3 Å². The first-order chi connectivity index (χ1) is 22.3. The molecule has 10 rings (SSSR count). The third-order valence-corrected chi connectivity index (χ3v) is 8.93. The van der Waals surface area contributed by atoms with Crippen LogP contribution >= 0.6 is 0 Å². The lowest BCUT2D eigenvalue weighted by Crippen LogP contribution is -2.03. The van der Waals surface area contributed by atoms with Crippen molar-refractivity contribution in [2.45, 2.75) is 0 Å². The Morgan fingerprint density at radius 2 is 0.822 bits per heavy atom. The molecule has 0 unspecified atom stereocenters. The predicted octanol–water partition coefficient (Wildman–Crippen LogP) is 9.14. The highest BCUT2D eigenvalue weighted by atomic mass is 15.3. The van der Waals surface area contributed by atoms with Crippen molar-refractivity contribution < 1.29 is 0 Å². The van der Waals surface area contributed by atoms with E-state index in [9.17, 15) is 0 Å². The molecule has 6 nitrogen and oxygen atoms in total. The average molecular weight is 577 g/mol. The Morgan fingerprint density at radius 1 is 0.378 bits per heavy atom. The van der Waals surface area contributed by atoms with E-state index in [1.807, 2.05) is 16.6 Å². The summed E-state index contributed by atoms with van der Waals surface area (Å²) in [6, 6.07) is 50.8. The van der Waals surface area contributed by atoms with E-state index in [1.165, 1.54) is 21.5 Å². The molecule has 0 aliphatic rings. The van der Waals surface area contributed by atoms with Crippen LogP contribution in [0.4, 0.5) is 0 Å². The summed E-state index contributed by atoms with van der Waals surface area (Å²) in [4.78, 5) is 10.3. The Bertz CT molecular complexity index is 2670. The predicted molar refractivity (Wildman–Crippen MR) is 182 cm³/mol. The van der Waals surface area contributed by atoms with Crippen LogP contribution in [-0.2, 0) is 0 Å². The Kier molecular flexibility index (Phi) is 4.90. The number of nitrogens with zero attached hydrogens (tertiary/aromatic N) is 6. The molecule has 0 bridgehead atoms. The molecule has 0 saturated heterocycles. The first-order valence-corrected chi connectivity index (χ1v) is 15.1. The molecule has 0 N–H and O–H groups in total. The maximum Gasteiger partial charge on any atom is 0.255 e. The Hall–Kier alpha value is -6.27. The minimum Gasteiger partial charge on any atom is -0.309 e. The van der Waals surface area contributed by atoms with E-state index >= 15 is 0 Å². The van der Waals surface area contributed by atoms with E-state index in [4.69, 9.17) is 15.1 Å². The number of aromatic nitrogens is 6. The Balaban J connectivity index is 1.26. The van der Waals surface area contributed by atoms with Crippen molar-refractivity contribution in [1.82, 2.24) is 28.7 Å². The molecule has 0 fully saturated rings. The molecule has 6 heteroatoms. The number of fused-ring (bicyclic) bond motifs is 9. The van der Waals surface area contributed by atoms with Gasteiger partial charge in [0.25, 0.3) is 5.78 Å². The first kappa shape index (κ1) is 24.2. The quantitative estimate of drug-likeness (QED) is 0.211. The average Bonchev–Trinajstić information content (AvgIpc) is 3.78. The van der Waals surface area contributed by atoms with Gasteiger partial charge in [-0.15, -0.1) is 5.10 Å². The molecule has 210 valence electrons. The summed E-state index contributed by atoms with van der Waals surface area (Å²) in [6.45, 7) is 0. The molecule has 0 saturated carbocycles. The molecule has 6 aromatic carbocycles. The third-order valence-electron chi connectivity index (χ3n) is 8.93. The van der Waals surface area contributed by atoms with Gasteiger partial charge in [0.05, 0.1) is 33.3 Å². The van der Waals surface area contributed by atoms with Gasteiger partial charge in [0.2, 0.25) is 0 Å². The summed E-state index contributed by atoms with van der Waals surface area (Å²) in [5.41, 5.74) is 7.43. The molecule has 0 amide bonds. The van der Waals surface area contributed by atoms with Gasteiger partial charge in [0, 0.05) is 32.5 Å². The van der Waals surface area contributed by atoms with Crippen molar-refractivity contribution in [2.24, 2.45) is 0 Å². The van der Waals surface area contributed by atoms with E-state index in [0.717, 1.165) is 50.0 Å². The topological polar surface area (TPSA) is 52.9 Å². The van der Waals surface area contributed by atoms with Crippen molar-refractivity contribution in [1.29, 1.82) is 0 Å². The summed E-state index contributed by atoms with van der Waals surface area (Å²) in [5, 5.41) is 10.9. The van der Waals surface area contributed by atoms with Crippen LogP contribution in [0.3, 0.4) is 0 Å². The van der Waals surface area contributed by atoms with Crippen LogP contribution in [0.25, 0.3) is 83.2 Å². The number of benzene rings is 6. The zero-order valence-electron chi connectivity index (χ0n) is 24.0. The van der Waals surface area contributed by atoms with Crippen LogP contribution in [0, 0.1) is 0 Å². The lowest BCUT2D eigenvalue weighted by atomic mass is 10.1. The highest BCUT2D eigenvalue weighted by molar-refractivity contribution is 6.11. The van der Waals surface area contributed by atoms with Gasteiger partial charge in [0.1, 0.15) is 0 Å². The van der Waals surface area contributed by atoms with Crippen molar-refractivity contribution in [2.75, 3.05) is 0 Å². The third kappa shape index (κ3) is 3.36. The van der Waals surface area contributed by atoms with Crippen molar-refractivity contribution in [3.05, 3.63) is 146 Å². The molecule has 10 aromatic rings. The van der Waals surface area contributed by atoms with E-state index < -0.39 is 0 Å². The molecular formula is C39H24N6. The van der Waals surface area contributed by atoms with Crippen LogP contribution in [-0.4, -0.2) is 28.7 Å². The van der Waals surface area contributed by atoms with Crippen LogP contribution in [0.1, 0.15) is 0 Å². The largest absolute Gasteiger partial charge is 0.309 e. The van der Waals surface area contributed by atoms with Crippen molar-refractivity contribution in [3.63, 3.8) is 0 Å². The Labute approximate surface area is 257 Å². The van der Waals surface area contributed by atoms with E-state index in [-0.39, 0.29) is 0 Å².